The zero-order valence-electron chi connectivity index (χ0n) is 39.6. The van der Waals surface area contributed by atoms with Gasteiger partial charge in [-0.1, -0.05) is 96.9 Å². The lowest BCUT2D eigenvalue weighted by Gasteiger charge is -2.36. The van der Waals surface area contributed by atoms with Crippen LogP contribution in [0.5, 0.6) is 0 Å². The average Bonchev–Trinajstić information content (AvgIpc) is 3.51. The van der Waals surface area contributed by atoms with Crippen molar-refractivity contribution in [2.24, 2.45) is 47.3 Å². The number of carboxylic acid groups (broad SMARTS) is 1. The summed E-state index contributed by atoms with van der Waals surface area (Å²) in [7, 11) is 0. The van der Waals surface area contributed by atoms with Crippen molar-refractivity contribution in [3.63, 3.8) is 0 Å². The first-order valence-electron chi connectivity index (χ1n) is 21.6. The maximum absolute atomic E-state index is 13.8. The molecule has 19 nitrogen and oxygen atoms in total. The molecule has 1 heterocycles. The van der Waals surface area contributed by atoms with Crippen molar-refractivity contribution in [2.75, 3.05) is 26.4 Å². The van der Waals surface area contributed by atoms with E-state index >= 15 is 0 Å². The van der Waals surface area contributed by atoms with Gasteiger partial charge in [-0.05, 0) is 13.3 Å². The Labute approximate surface area is 371 Å². The van der Waals surface area contributed by atoms with Gasteiger partial charge in [-0.3, -0.25) is 38.4 Å². The van der Waals surface area contributed by atoms with Crippen LogP contribution in [-0.2, 0) is 85.7 Å². The van der Waals surface area contributed by atoms with E-state index in [1.165, 1.54) is 20.8 Å². The number of carboxylic acids is 1. The molecule has 7 unspecified atom stereocenters. The third-order valence-electron chi connectivity index (χ3n) is 9.57. The van der Waals surface area contributed by atoms with Gasteiger partial charge >= 0.3 is 47.8 Å². The molecule has 0 aliphatic carbocycles. The highest BCUT2D eigenvalue weighted by Gasteiger charge is 2.52. The fourth-order valence-electron chi connectivity index (χ4n) is 5.35. The highest BCUT2D eigenvalue weighted by Crippen LogP contribution is 2.32. The molecule has 1 N–H and O–H groups in total. The first-order valence-corrected chi connectivity index (χ1v) is 21.6. The first-order chi connectivity index (χ1) is 29.2. The summed E-state index contributed by atoms with van der Waals surface area (Å²) in [5.41, 5.74) is 0. The third-order valence-corrected chi connectivity index (χ3v) is 9.57. The first kappa shape index (κ1) is 56.7. The molecule has 0 aromatic heterocycles. The van der Waals surface area contributed by atoms with E-state index in [4.69, 9.17) is 47.4 Å². The quantitative estimate of drug-likeness (QED) is 0.0679. The topological polar surface area (TPSA) is 249 Å². The summed E-state index contributed by atoms with van der Waals surface area (Å²) in [5, 5.41) is 9.54. The van der Waals surface area contributed by atoms with Crippen LogP contribution in [0.25, 0.3) is 0 Å². The molecule has 0 aromatic rings. The molecular weight excluding hydrogens is 832 g/mol. The van der Waals surface area contributed by atoms with Gasteiger partial charge in [0.1, 0.15) is 56.9 Å². The van der Waals surface area contributed by atoms with Crippen molar-refractivity contribution in [2.45, 2.75) is 159 Å². The van der Waals surface area contributed by atoms with Crippen LogP contribution >= 0.6 is 0 Å². The summed E-state index contributed by atoms with van der Waals surface area (Å²) >= 11 is 0. The summed E-state index contributed by atoms with van der Waals surface area (Å²) in [6, 6.07) is 0. The number of carbonyl (C=O) groups is 8. The summed E-state index contributed by atoms with van der Waals surface area (Å²) in [5.74, 6) is -11.7. The van der Waals surface area contributed by atoms with Gasteiger partial charge in [-0.25, -0.2) is 0 Å². The van der Waals surface area contributed by atoms with E-state index in [0.29, 0.717) is 0 Å². The minimum atomic E-state index is -1.85. The lowest BCUT2D eigenvalue weighted by Crippen LogP contribution is -2.52. The molecule has 1 rings (SSSR count). The number of hydrogen-bond acceptors (Lipinski definition) is 18. The molecule has 0 spiro atoms. The number of aliphatic carboxylic acids is 1. The Kier molecular flexibility index (Phi) is 24.4. The molecule has 1 aliphatic heterocycles. The second-order valence-electron chi connectivity index (χ2n) is 17.7. The molecule has 362 valence electrons. The summed E-state index contributed by atoms with van der Waals surface area (Å²) in [6.45, 7) is 21.2. The number of hydrogen-bond donors (Lipinski definition) is 1. The largest absolute Gasteiger partial charge is 0.481 e. The fourth-order valence-corrected chi connectivity index (χ4v) is 5.35. The van der Waals surface area contributed by atoms with Crippen molar-refractivity contribution in [3.05, 3.63) is 0 Å². The van der Waals surface area contributed by atoms with Crippen LogP contribution in [-0.4, -0.2) is 128 Å². The van der Waals surface area contributed by atoms with Crippen molar-refractivity contribution in [1.82, 2.24) is 0 Å². The van der Waals surface area contributed by atoms with E-state index in [2.05, 4.69) is 0 Å². The van der Waals surface area contributed by atoms with E-state index in [-0.39, 0.29) is 6.42 Å². The minimum Gasteiger partial charge on any atom is -0.481 e. The van der Waals surface area contributed by atoms with Crippen LogP contribution in [0, 0.1) is 47.3 Å². The van der Waals surface area contributed by atoms with Gasteiger partial charge in [-0.15, -0.1) is 0 Å². The van der Waals surface area contributed by atoms with Gasteiger partial charge in [0.2, 0.25) is 0 Å². The van der Waals surface area contributed by atoms with Crippen LogP contribution in [0.15, 0.2) is 0 Å². The summed E-state index contributed by atoms with van der Waals surface area (Å²) in [6.07, 6.45) is -11.8. The van der Waals surface area contributed by atoms with Gasteiger partial charge in [0.05, 0.1) is 47.3 Å². The Morgan fingerprint density at radius 1 is 0.476 bits per heavy atom. The molecule has 0 radical (unpaired) electrons. The second-order valence-corrected chi connectivity index (χ2v) is 17.7. The van der Waals surface area contributed by atoms with Crippen LogP contribution in [0.3, 0.4) is 0 Å². The van der Waals surface area contributed by atoms with Crippen molar-refractivity contribution in [1.29, 1.82) is 0 Å². The van der Waals surface area contributed by atoms with Crippen molar-refractivity contribution < 1.29 is 90.8 Å². The number of rotatable bonds is 27. The van der Waals surface area contributed by atoms with Crippen LogP contribution in [0.2, 0.25) is 0 Å². The van der Waals surface area contributed by atoms with E-state index in [1.807, 2.05) is 0 Å². The highest BCUT2D eigenvalue weighted by molar-refractivity contribution is 5.75. The van der Waals surface area contributed by atoms with Crippen molar-refractivity contribution >= 4 is 47.8 Å². The van der Waals surface area contributed by atoms with Crippen molar-refractivity contribution in [3.8, 4) is 0 Å². The van der Waals surface area contributed by atoms with E-state index in [9.17, 15) is 43.5 Å². The van der Waals surface area contributed by atoms with Crippen LogP contribution < -0.4 is 0 Å². The maximum atomic E-state index is 13.8. The molecule has 0 saturated carbocycles. The highest BCUT2D eigenvalue weighted by atomic mass is 16.7. The number of carbonyl (C=O) groups excluding carboxylic acids is 7. The Balaban J connectivity index is 4.14. The monoisotopic (exact) mass is 904 g/mol. The average molecular weight is 905 g/mol. The van der Waals surface area contributed by atoms with Gasteiger partial charge in [0.15, 0.2) is 18.5 Å². The molecule has 1 saturated heterocycles. The predicted molar refractivity (Wildman–Crippen MR) is 221 cm³/mol. The van der Waals surface area contributed by atoms with E-state index in [1.54, 1.807) is 83.1 Å². The third kappa shape index (κ3) is 19.5. The van der Waals surface area contributed by atoms with Gasteiger partial charge in [0, 0.05) is 0 Å². The van der Waals surface area contributed by atoms with E-state index < -0.39 is 171 Å². The zero-order chi connectivity index (χ0) is 48.5. The molecule has 10 atom stereocenters. The zero-order valence-corrected chi connectivity index (χ0v) is 39.6. The SMILES string of the molecule is CC(C)C(=O)OCC1O[C@@H](COC(=O)C(C)C)C(OC(=O)C(C)CC(C)C(=O)O)C1OC(OC(COC(=O)C(C)C)[C@H](C)OC(=O)C(C)C)[C@H](COC(=O)C(C)C)OC(=O)C(C)C. The summed E-state index contributed by atoms with van der Waals surface area (Å²) in [4.78, 5) is 103. The molecule has 19 heteroatoms. The molecule has 1 aliphatic rings. The normalized spacial score (nSPS) is 20.5. The van der Waals surface area contributed by atoms with Gasteiger partial charge in [0.25, 0.3) is 0 Å². The Morgan fingerprint density at radius 2 is 0.873 bits per heavy atom. The molecule has 0 bridgehead atoms. The minimum absolute atomic E-state index is 0.125. The standard InChI is InChI=1S/C44H72O19/c1-21(2)37(47)54-17-30(29(15)58-41(51)25(9)10)61-44(33(60-42(52)26(11)12)20-57-40(50)24(7)8)63-35-32(19-56-39(49)23(5)6)59-31(18-55-38(48)22(3)4)34(35)62-43(53)28(14)16-27(13)36(45)46/h21-35,44H,16-20H2,1-15H3,(H,45,46)/t27?,28?,29-,30?,31-,32?,33-,34?,35?,44?/m0/s1. The van der Waals surface area contributed by atoms with E-state index in [0.717, 1.165) is 0 Å². The Hall–Kier alpha value is -4.36. The smallest absolute Gasteiger partial charge is 0.309 e. The predicted octanol–water partition coefficient (Wildman–Crippen LogP) is 4.46. The van der Waals surface area contributed by atoms with Gasteiger partial charge < -0.3 is 52.5 Å². The molecule has 0 aromatic carbocycles. The van der Waals surface area contributed by atoms with Crippen LogP contribution in [0.1, 0.15) is 110 Å². The number of ether oxygens (including phenoxy) is 10. The van der Waals surface area contributed by atoms with Crippen LogP contribution in [0.4, 0.5) is 0 Å². The van der Waals surface area contributed by atoms with Gasteiger partial charge in [-0.2, -0.15) is 0 Å². The molecule has 1 fully saturated rings. The molecule has 0 amide bonds. The Morgan fingerprint density at radius 3 is 1.30 bits per heavy atom. The second kappa shape index (κ2) is 27.1. The molecule has 63 heavy (non-hydrogen) atoms. The lowest BCUT2D eigenvalue weighted by molar-refractivity contribution is -0.276. The summed E-state index contributed by atoms with van der Waals surface area (Å²) < 4.78 is 59.1. The molecular formula is C44H72O19. The maximum Gasteiger partial charge on any atom is 0.309 e. The lowest BCUT2D eigenvalue weighted by atomic mass is 9.97. The Bertz CT molecular complexity index is 1520. The fraction of sp³-hybridized carbons (Fsp3) is 0.818. The number of esters is 7.